The van der Waals surface area contributed by atoms with Crippen LogP contribution in [0.4, 0.5) is 4.39 Å². The Kier molecular flexibility index (Phi) is 7.22. The average Bonchev–Trinajstić information content (AvgIpc) is 3.18. The van der Waals surface area contributed by atoms with Gasteiger partial charge in [0.1, 0.15) is 17.4 Å². The minimum Gasteiger partial charge on any atom is -0.491 e. The molecule has 176 valence electrons. The highest BCUT2D eigenvalue weighted by Gasteiger charge is 2.36. The number of aromatic nitrogens is 3. The van der Waals surface area contributed by atoms with Gasteiger partial charge in [0.05, 0.1) is 31.4 Å². The summed E-state index contributed by atoms with van der Waals surface area (Å²) >= 11 is 0. The maximum absolute atomic E-state index is 14.3. The molecule has 0 spiro atoms. The predicted octanol–water partition coefficient (Wildman–Crippen LogP) is 3.70. The highest BCUT2D eigenvalue weighted by molar-refractivity contribution is 5.31. The predicted molar refractivity (Wildman–Crippen MR) is 120 cm³/mol. The number of H-pyrrole nitrogens is 2. The quantitative estimate of drug-likeness (QED) is 0.537. The van der Waals surface area contributed by atoms with E-state index < -0.39 is 12.4 Å². The second-order valence-corrected chi connectivity index (χ2v) is 8.35. The van der Waals surface area contributed by atoms with Crippen LogP contribution >= 0.6 is 0 Å². The fourth-order valence-electron chi connectivity index (χ4n) is 4.01. The van der Waals surface area contributed by atoms with Crippen LogP contribution in [0.2, 0.25) is 0 Å². The lowest BCUT2D eigenvalue weighted by Crippen LogP contribution is -2.46. The summed E-state index contributed by atoms with van der Waals surface area (Å²) in [5.41, 5.74) is 1.33. The van der Waals surface area contributed by atoms with Gasteiger partial charge in [-0.2, -0.15) is 5.10 Å². The van der Waals surface area contributed by atoms with Crippen molar-refractivity contribution in [3.05, 3.63) is 81.8 Å². The van der Waals surface area contributed by atoms with Gasteiger partial charge in [0.2, 0.25) is 0 Å². The molecule has 1 aromatic heterocycles. The molecule has 33 heavy (non-hydrogen) atoms. The molecule has 2 aromatic carbocycles. The van der Waals surface area contributed by atoms with Crippen LogP contribution in [-0.4, -0.2) is 45.6 Å². The molecule has 1 saturated heterocycles. The molecular formula is C24H29FN4O4. The van der Waals surface area contributed by atoms with Crippen molar-refractivity contribution in [3.8, 4) is 5.75 Å². The SMILES string of the molecule is CC(C)Oc1cc(F)cc(C(C)OC2OCCN(Cc3n[nH]c(=O)[nH]3)C2c2ccccc2)c1. The molecule has 3 aromatic rings. The zero-order valence-electron chi connectivity index (χ0n) is 19.0. The van der Waals surface area contributed by atoms with E-state index in [0.717, 1.165) is 5.56 Å². The molecule has 0 aliphatic carbocycles. The number of nitrogens with one attached hydrogen (secondary N) is 2. The van der Waals surface area contributed by atoms with Crippen LogP contribution in [0.3, 0.4) is 0 Å². The lowest BCUT2D eigenvalue weighted by Gasteiger charge is -2.41. The Labute approximate surface area is 191 Å². The van der Waals surface area contributed by atoms with Gasteiger partial charge in [-0.1, -0.05) is 30.3 Å². The van der Waals surface area contributed by atoms with Gasteiger partial charge < -0.3 is 14.2 Å². The first-order valence-corrected chi connectivity index (χ1v) is 11.1. The van der Waals surface area contributed by atoms with E-state index in [1.165, 1.54) is 12.1 Å². The molecule has 0 radical (unpaired) electrons. The second kappa shape index (κ2) is 10.3. The number of aromatic amines is 2. The summed E-state index contributed by atoms with van der Waals surface area (Å²) in [6, 6.07) is 14.3. The number of nitrogens with zero attached hydrogens (tertiary/aromatic N) is 2. The molecule has 2 N–H and O–H groups in total. The monoisotopic (exact) mass is 456 g/mol. The first-order chi connectivity index (χ1) is 15.9. The summed E-state index contributed by atoms with van der Waals surface area (Å²) in [5.74, 6) is 0.617. The van der Waals surface area contributed by atoms with E-state index in [4.69, 9.17) is 14.2 Å². The van der Waals surface area contributed by atoms with Crippen LogP contribution in [0.15, 0.2) is 53.3 Å². The smallest absolute Gasteiger partial charge is 0.340 e. The average molecular weight is 457 g/mol. The van der Waals surface area contributed by atoms with Crippen molar-refractivity contribution in [1.82, 2.24) is 20.1 Å². The van der Waals surface area contributed by atoms with Crippen LogP contribution in [0.5, 0.6) is 5.75 Å². The van der Waals surface area contributed by atoms with E-state index in [1.807, 2.05) is 51.1 Å². The number of rotatable bonds is 8. The Morgan fingerprint density at radius 3 is 2.70 bits per heavy atom. The number of halogens is 1. The molecule has 0 bridgehead atoms. The van der Waals surface area contributed by atoms with Crippen molar-refractivity contribution in [2.45, 2.75) is 51.9 Å². The Morgan fingerprint density at radius 1 is 1.21 bits per heavy atom. The molecule has 0 saturated carbocycles. The normalized spacial score (nSPS) is 20.2. The maximum atomic E-state index is 14.3. The fraction of sp³-hybridized carbons (Fsp3) is 0.417. The van der Waals surface area contributed by atoms with Crippen LogP contribution in [0.25, 0.3) is 0 Å². The van der Waals surface area contributed by atoms with Crippen LogP contribution in [0.1, 0.15) is 49.9 Å². The summed E-state index contributed by atoms with van der Waals surface area (Å²) in [7, 11) is 0. The van der Waals surface area contributed by atoms with Crippen molar-refractivity contribution < 1.29 is 18.6 Å². The molecule has 3 atom stereocenters. The van der Waals surface area contributed by atoms with E-state index in [-0.39, 0.29) is 23.7 Å². The van der Waals surface area contributed by atoms with Crippen LogP contribution in [0, 0.1) is 5.82 Å². The highest BCUT2D eigenvalue weighted by Crippen LogP contribution is 2.35. The lowest BCUT2D eigenvalue weighted by molar-refractivity contribution is -0.231. The van der Waals surface area contributed by atoms with Crippen molar-refractivity contribution in [2.75, 3.05) is 13.2 Å². The van der Waals surface area contributed by atoms with E-state index in [0.29, 0.717) is 36.8 Å². The lowest BCUT2D eigenvalue weighted by atomic mass is 10.0. The molecule has 1 aliphatic heterocycles. The molecule has 8 nitrogen and oxygen atoms in total. The van der Waals surface area contributed by atoms with E-state index in [1.54, 1.807) is 6.07 Å². The van der Waals surface area contributed by atoms with Crippen molar-refractivity contribution >= 4 is 0 Å². The Bertz CT molecular complexity index is 1100. The summed E-state index contributed by atoms with van der Waals surface area (Å²) in [6.07, 6.45) is -1.13. The zero-order valence-corrected chi connectivity index (χ0v) is 19.0. The molecule has 9 heteroatoms. The molecule has 0 amide bonds. The van der Waals surface area contributed by atoms with Gasteiger partial charge in [0.15, 0.2) is 6.29 Å². The van der Waals surface area contributed by atoms with E-state index >= 15 is 0 Å². The molecule has 2 heterocycles. The largest absolute Gasteiger partial charge is 0.491 e. The molecule has 1 fully saturated rings. The maximum Gasteiger partial charge on any atom is 0.340 e. The van der Waals surface area contributed by atoms with Gasteiger partial charge in [-0.3, -0.25) is 9.88 Å². The molecule has 4 rings (SSSR count). The first kappa shape index (κ1) is 23.2. The van der Waals surface area contributed by atoms with Gasteiger partial charge in [0, 0.05) is 12.6 Å². The zero-order chi connectivity index (χ0) is 23.4. The Hall–Kier alpha value is -3.01. The van der Waals surface area contributed by atoms with E-state index in [9.17, 15) is 9.18 Å². The molecular weight excluding hydrogens is 427 g/mol. The van der Waals surface area contributed by atoms with Gasteiger partial charge in [0.25, 0.3) is 0 Å². The van der Waals surface area contributed by atoms with Crippen LogP contribution in [-0.2, 0) is 16.0 Å². The fourth-order valence-corrected chi connectivity index (χ4v) is 4.01. The number of benzene rings is 2. The highest BCUT2D eigenvalue weighted by atomic mass is 19.1. The topological polar surface area (TPSA) is 92.5 Å². The van der Waals surface area contributed by atoms with Gasteiger partial charge in [-0.25, -0.2) is 14.3 Å². The number of hydrogen-bond acceptors (Lipinski definition) is 6. The van der Waals surface area contributed by atoms with Crippen LogP contribution < -0.4 is 10.4 Å². The van der Waals surface area contributed by atoms with Crippen molar-refractivity contribution in [3.63, 3.8) is 0 Å². The number of morpholine rings is 1. The van der Waals surface area contributed by atoms with Crippen molar-refractivity contribution in [2.24, 2.45) is 0 Å². The minimum atomic E-state index is -0.612. The summed E-state index contributed by atoms with van der Waals surface area (Å²) in [4.78, 5) is 16.3. The Morgan fingerprint density at radius 2 is 2.00 bits per heavy atom. The summed E-state index contributed by atoms with van der Waals surface area (Å²) < 4.78 is 32.3. The third-order valence-corrected chi connectivity index (χ3v) is 5.43. The summed E-state index contributed by atoms with van der Waals surface area (Å²) in [5, 5.41) is 6.45. The van der Waals surface area contributed by atoms with E-state index in [2.05, 4.69) is 20.1 Å². The molecule has 1 aliphatic rings. The van der Waals surface area contributed by atoms with Gasteiger partial charge in [-0.15, -0.1) is 0 Å². The Balaban J connectivity index is 1.58. The number of ether oxygens (including phenoxy) is 3. The molecule has 3 unspecified atom stereocenters. The number of hydrogen-bond donors (Lipinski definition) is 2. The minimum absolute atomic E-state index is 0.0675. The van der Waals surface area contributed by atoms with Gasteiger partial charge in [-0.05, 0) is 44.0 Å². The first-order valence-electron chi connectivity index (χ1n) is 11.1. The third kappa shape index (κ3) is 5.87. The van der Waals surface area contributed by atoms with Gasteiger partial charge >= 0.3 is 5.69 Å². The third-order valence-electron chi connectivity index (χ3n) is 5.43. The standard InChI is InChI=1S/C24H29FN4O4/c1-15(2)32-20-12-18(11-19(25)13-20)16(3)33-23-22(17-7-5-4-6-8-17)29(9-10-31-23)14-21-26-24(30)28-27-21/h4-8,11-13,15-16,22-23H,9-10,14H2,1-3H3,(H2,26,27,28,30). The van der Waals surface area contributed by atoms with Crippen molar-refractivity contribution in [1.29, 1.82) is 0 Å². The summed E-state index contributed by atoms with van der Waals surface area (Å²) in [6.45, 7) is 7.15. The second-order valence-electron chi connectivity index (χ2n) is 8.35.